The van der Waals surface area contributed by atoms with Gasteiger partial charge in [-0.15, -0.1) is 0 Å². The average molecular weight is 323 g/mol. The Morgan fingerprint density at radius 3 is 3.00 bits per heavy atom. The highest BCUT2D eigenvalue weighted by Gasteiger charge is 2.10. The number of halogens is 1. The zero-order chi connectivity index (χ0) is 15.9. The van der Waals surface area contributed by atoms with Crippen LogP contribution in [0.1, 0.15) is 16.9 Å². The van der Waals surface area contributed by atoms with Gasteiger partial charge in [0.25, 0.3) is 0 Å². The quantitative estimate of drug-likeness (QED) is 0.415. The van der Waals surface area contributed by atoms with E-state index in [9.17, 15) is 0 Å². The summed E-state index contributed by atoms with van der Waals surface area (Å²) in [5.41, 5.74) is 2.15. The summed E-state index contributed by atoms with van der Waals surface area (Å²) in [6, 6.07) is 7.36. The Bertz CT molecular complexity index is 642. The molecule has 0 saturated heterocycles. The maximum atomic E-state index is 8.00. The van der Waals surface area contributed by atoms with Crippen molar-refractivity contribution in [3.05, 3.63) is 46.2 Å². The third kappa shape index (κ3) is 4.47. The predicted molar refractivity (Wildman–Crippen MR) is 86.7 cm³/mol. The normalized spacial score (nSPS) is 10.5. The minimum atomic E-state index is 0.173. The lowest BCUT2D eigenvalue weighted by molar-refractivity contribution is 0.210. The summed E-state index contributed by atoms with van der Waals surface area (Å²) in [5.74, 6) is 1.13. The number of nitrogens with one attached hydrogen (secondary N) is 3. The van der Waals surface area contributed by atoms with Crippen molar-refractivity contribution in [3.8, 4) is 0 Å². The Labute approximate surface area is 134 Å². The summed E-state index contributed by atoms with van der Waals surface area (Å²) in [4.78, 5) is 0. The molecule has 6 nitrogen and oxygen atoms in total. The Morgan fingerprint density at radius 1 is 1.41 bits per heavy atom. The molecule has 1 aromatic heterocycles. The molecule has 0 bridgehead atoms. The number of benzene rings is 1. The van der Waals surface area contributed by atoms with Crippen LogP contribution < -0.4 is 10.6 Å². The molecule has 2 aromatic rings. The van der Waals surface area contributed by atoms with Crippen molar-refractivity contribution in [2.75, 3.05) is 25.6 Å². The van der Waals surface area contributed by atoms with Gasteiger partial charge in [0.05, 0.1) is 6.61 Å². The first-order valence-corrected chi connectivity index (χ1v) is 7.25. The molecular weight excluding hydrogens is 304 g/mol. The SMILES string of the molecule is COCCNc1cc(C(=N)NCc2cc(Cl)ccc2C)on1. The zero-order valence-corrected chi connectivity index (χ0v) is 13.3. The Balaban J connectivity index is 1.90. The van der Waals surface area contributed by atoms with E-state index in [0.29, 0.717) is 36.3 Å². The molecule has 0 saturated carbocycles. The number of aryl methyl sites for hydroxylation is 1. The molecule has 1 aromatic carbocycles. The highest BCUT2D eigenvalue weighted by molar-refractivity contribution is 6.30. The summed E-state index contributed by atoms with van der Waals surface area (Å²) in [5, 5.41) is 18.6. The molecule has 2 rings (SSSR count). The lowest BCUT2D eigenvalue weighted by atomic mass is 10.1. The first-order valence-electron chi connectivity index (χ1n) is 6.87. The van der Waals surface area contributed by atoms with E-state index >= 15 is 0 Å². The summed E-state index contributed by atoms with van der Waals surface area (Å²) < 4.78 is 10.1. The van der Waals surface area contributed by atoms with Gasteiger partial charge in [-0.05, 0) is 30.2 Å². The maximum absolute atomic E-state index is 8.00. The van der Waals surface area contributed by atoms with E-state index in [2.05, 4.69) is 15.8 Å². The van der Waals surface area contributed by atoms with Crippen LogP contribution >= 0.6 is 11.6 Å². The average Bonchev–Trinajstić information content (AvgIpc) is 2.97. The number of methoxy groups -OCH3 is 1. The standard InChI is InChI=1S/C15H19ClN4O2/c1-10-3-4-12(16)7-11(10)9-19-15(17)13-8-14(20-22-13)18-5-6-21-2/h3-4,7-8H,5-6,9H2,1-2H3,(H2,17,19)(H,18,20). The number of rotatable bonds is 7. The van der Waals surface area contributed by atoms with Crippen molar-refractivity contribution in [1.82, 2.24) is 10.5 Å². The first-order chi connectivity index (χ1) is 10.6. The lowest BCUT2D eigenvalue weighted by Gasteiger charge is -2.08. The van der Waals surface area contributed by atoms with Crippen LogP contribution in [0.4, 0.5) is 5.82 Å². The van der Waals surface area contributed by atoms with Gasteiger partial charge in [0.1, 0.15) is 0 Å². The molecule has 0 amide bonds. The largest absolute Gasteiger partial charge is 0.383 e. The van der Waals surface area contributed by atoms with Crippen molar-refractivity contribution in [3.63, 3.8) is 0 Å². The van der Waals surface area contributed by atoms with Crippen LogP contribution in [0.15, 0.2) is 28.8 Å². The Morgan fingerprint density at radius 2 is 2.23 bits per heavy atom. The van der Waals surface area contributed by atoms with Crippen LogP contribution in [0, 0.1) is 12.3 Å². The molecule has 0 spiro atoms. The molecule has 0 aliphatic rings. The molecule has 0 atom stereocenters. The third-order valence-corrected chi connectivity index (χ3v) is 3.37. The third-order valence-electron chi connectivity index (χ3n) is 3.14. The van der Waals surface area contributed by atoms with Gasteiger partial charge in [0, 0.05) is 31.3 Å². The molecule has 0 aliphatic carbocycles. The molecular formula is C15H19ClN4O2. The Kier molecular flexibility index (Phi) is 5.80. The van der Waals surface area contributed by atoms with E-state index in [1.807, 2.05) is 25.1 Å². The summed E-state index contributed by atoms with van der Waals surface area (Å²) in [6.07, 6.45) is 0. The van der Waals surface area contributed by atoms with Crippen molar-refractivity contribution >= 4 is 23.3 Å². The van der Waals surface area contributed by atoms with Crippen molar-refractivity contribution in [1.29, 1.82) is 5.41 Å². The highest BCUT2D eigenvalue weighted by atomic mass is 35.5. The molecule has 3 N–H and O–H groups in total. The fourth-order valence-corrected chi connectivity index (χ4v) is 2.05. The fraction of sp³-hybridized carbons (Fsp3) is 0.333. The second-order valence-corrected chi connectivity index (χ2v) is 5.23. The Hall–Kier alpha value is -2.05. The predicted octanol–water partition coefficient (Wildman–Crippen LogP) is 2.81. The van der Waals surface area contributed by atoms with Crippen LogP contribution in [0.25, 0.3) is 0 Å². The van der Waals surface area contributed by atoms with Crippen molar-refractivity contribution in [2.45, 2.75) is 13.5 Å². The molecule has 1 heterocycles. The van der Waals surface area contributed by atoms with Gasteiger partial charge in [-0.25, -0.2) is 0 Å². The number of hydrogen-bond donors (Lipinski definition) is 3. The maximum Gasteiger partial charge on any atom is 0.203 e. The fourth-order valence-electron chi connectivity index (χ4n) is 1.86. The number of hydrogen-bond acceptors (Lipinski definition) is 5. The summed E-state index contributed by atoms with van der Waals surface area (Å²) in [7, 11) is 1.63. The minimum absolute atomic E-state index is 0.173. The van der Waals surface area contributed by atoms with Crippen LogP contribution in [0.2, 0.25) is 5.02 Å². The van der Waals surface area contributed by atoms with E-state index in [-0.39, 0.29) is 5.84 Å². The van der Waals surface area contributed by atoms with Crippen molar-refractivity contribution in [2.24, 2.45) is 0 Å². The zero-order valence-electron chi connectivity index (χ0n) is 12.6. The number of anilines is 1. The smallest absolute Gasteiger partial charge is 0.203 e. The van der Waals surface area contributed by atoms with Crippen molar-refractivity contribution < 1.29 is 9.26 Å². The van der Waals surface area contributed by atoms with E-state index in [0.717, 1.165) is 11.1 Å². The number of aromatic nitrogens is 1. The van der Waals surface area contributed by atoms with Gasteiger partial charge in [-0.2, -0.15) is 0 Å². The van der Waals surface area contributed by atoms with Crippen LogP contribution in [0.5, 0.6) is 0 Å². The van der Waals surface area contributed by atoms with Gasteiger partial charge in [0.15, 0.2) is 11.7 Å². The van der Waals surface area contributed by atoms with Crippen LogP contribution in [0.3, 0.4) is 0 Å². The number of nitrogens with zero attached hydrogens (tertiary/aromatic N) is 1. The lowest BCUT2D eigenvalue weighted by Crippen LogP contribution is -2.22. The molecule has 22 heavy (non-hydrogen) atoms. The monoisotopic (exact) mass is 322 g/mol. The molecule has 0 fully saturated rings. The minimum Gasteiger partial charge on any atom is -0.383 e. The van der Waals surface area contributed by atoms with Gasteiger partial charge >= 0.3 is 0 Å². The molecule has 7 heteroatoms. The van der Waals surface area contributed by atoms with Crippen LogP contribution in [-0.2, 0) is 11.3 Å². The van der Waals surface area contributed by atoms with E-state index in [4.69, 9.17) is 26.3 Å². The second kappa shape index (κ2) is 7.82. The topological polar surface area (TPSA) is 83.2 Å². The number of amidine groups is 1. The molecule has 0 radical (unpaired) electrons. The van der Waals surface area contributed by atoms with Gasteiger partial charge in [-0.1, -0.05) is 22.8 Å². The van der Waals surface area contributed by atoms with Crippen LogP contribution in [-0.4, -0.2) is 31.3 Å². The van der Waals surface area contributed by atoms with E-state index in [1.165, 1.54) is 0 Å². The van der Waals surface area contributed by atoms with E-state index < -0.39 is 0 Å². The summed E-state index contributed by atoms with van der Waals surface area (Å²) in [6.45, 7) is 3.71. The van der Waals surface area contributed by atoms with Gasteiger partial charge in [-0.3, -0.25) is 5.41 Å². The number of ether oxygens (including phenoxy) is 1. The van der Waals surface area contributed by atoms with Gasteiger partial charge < -0.3 is 19.9 Å². The molecule has 0 aliphatic heterocycles. The second-order valence-electron chi connectivity index (χ2n) is 4.80. The molecule has 118 valence electrons. The molecule has 0 unspecified atom stereocenters. The highest BCUT2D eigenvalue weighted by Crippen LogP contribution is 2.15. The first kappa shape index (κ1) is 16.3. The van der Waals surface area contributed by atoms with E-state index in [1.54, 1.807) is 13.2 Å². The summed E-state index contributed by atoms with van der Waals surface area (Å²) >= 11 is 5.98. The van der Waals surface area contributed by atoms with Gasteiger partial charge in [0.2, 0.25) is 5.76 Å².